The van der Waals surface area contributed by atoms with E-state index in [1.807, 2.05) is 75.4 Å². The van der Waals surface area contributed by atoms with Gasteiger partial charge in [0.15, 0.2) is 5.13 Å². The molecule has 5 aromatic rings. The van der Waals surface area contributed by atoms with Crippen LogP contribution in [-0.2, 0) is 25.5 Å². The lowest BCUT2D eigenvalue weighted by Gasteiger charge is -2.27. The highest BCUT2D eigenvalue weighted by Crippen LogP contribution is 2.34. The molecule has 4 aromatic carbocycles. The number of nitrogens with zero attached hydrogens (tertiary/aromatic N) is 3. The van der Waals surface area contributed by atoms with Crippen LogP contribution in [0.5, 0.6) is 5.75 Å². The van der Waals surface area contributed by atoms with E-state index in [9.17, 15) is 28.8 Å². The maximum absolute atomic E-state index is 13.3. The number of amides is 6. The first-order chi connectivity index (χ1) is 28.9. The van der Waals surface area contributed by atoms with Crippen LogP contribution in [0.4, 0.5) is 16.5 Å². The first-order valence-corrected chi connectivity index (χ1v) is 20.3. The van der Waals surface area contributed by atoms with Gasteiger partial charge in [-0.3, -0.25) is 39.0 Å². The van der Waals surface area contributed by atoms with Gasteiger partial charge in [-0.1, -0.05) is 42.5 Å². The number of carbonyl (C=O) groups is 6. The van der Waals surface area contributed by atoms with E-state index in [-0.39, 0.29) is 62.0 Å². The highest BCUT2D eigenvalue weighted by Gasteiger charge is 2.45. The molecular formula is C45H44N6O8S. The molecule has 1 fully saturated rings. The highest BCUT2D eigenvalue weighted by atomic mass is 32.1. The standard InChI is InChI=1S/C45H44N6O8S/c1-26-9-5-6-12-32(26)42(55)50(4)35-16-15-30(23-27(35)2)40-28(3)60-45(49-40)48-38(53)25-29-10-7-11-31(24-29)59-22-21-58-20-19-46-34-14-8-13-33-39(34)44(57)51(43(33)56)36-17-18-37(52)47-41(36)54/h5-16,23-24,36,46H,17-22,25H2,1-4H3,(H,47,52,54)(H,48,49,53). The number of benzene rings is 4. The predicted octanol–water partition coefficient (Wildman–Crippen LogP) is 6.10. The van der Waals surface area contributed by atoms with Crippen LogP contribution in [0.3, 0.4) is 0 Å². The number of aromatic nitrogens is 1. The Kier molecular flexibility index (Phi) is 12.5. The van der Waals surface area contributed by atoms with Crippen molar-refractivity contribution >= 4 is 63.3 Å². The molecule has 14 nitrogen and oxygen atoms in total. The van der Waals surface area contributed by atoms with Crippen molar-refractivity contribution in [2.45, 2.75) is 46.1 Å². The smallest absolute Gasteiger partial charge is 0.264 e. The quantitative estimate of drug-likeness (QED) is 0.0826. The number of anilines is 3. The first kappa shape index (κ1) is 41.4. The van der Waals surface area contributed by atoms with E-state index in [0.717, 1.165) is 43.4 Å². The molecule has 3 N–H and O–H groups in total. The number of piperidine rings is 1. The van der Waals surface area contributed by atoms with Gasteiger partial charge in [0.2, 0.25) is 17.7 Å². The summed E-state index contributed by atoms with van der Waals surface area (Å²) in [5, 5.41) is 8.77. The minimum absolute atomic E-state index is 0.0482. The van der Waals surface area contributed by atoms with Crippen LogP contribution >= 0.6 is 11.3 Å². The van der Waals surface area contributed by atoms with Crippen LogP contribution in [0.15, 0.2) is 84.9 Å². The predicted molar refractivity (Wildman–Crippen MR) is 228 cm³/mol. The average Bonchev–Trinajstić information content (AvgIpc) is 3.71. The number of ether oxygens (including phenoxy) is 2. The lowest BCUT2D eigenvalue weighted by atomic mass is 10.0. The lowest BCUT2D eigenvalue weighted by Crippen LogP contribution is -2.54. The van der Waals surface area contributed by atoms with Crippen molar-refractivity contribution < 1.29 is 38.2 Å². The van der Waals surface area contributed by atoms with Crippen LogP contribution in [0, 0.1) is 20.8 Å². The molecule has 60 heavy (non-hydrogen) atoms. The first-order valence-electron chi connectivity index (χ1n) is 19.5. The molecule has 1 saturated heterocycles. The molecule has 308 valence electrons. The average molecular weight is 829 g/mol. The zero-order valence-electron chi connectivity index (χ0n) is 33.6. The molecule has 0 saturated carbocycles. The molecule has 3 heterocycles. The van der Waals surface area contributed by atoms with Crippen molar-refractivity contribution in [3.05, 3.63) is 123 Å². The van der Waals surface area contributed by atoms with Gasteiger partial charge in [-0.2, -0.15) is 0 Å². The normalized spacial score (nSPS) is 14.8. The molecule has 2 aliphatic rings. The molecule has 1 aromatic heterocycles. The van der Waals surface area contributed by atoms with Crippen molar-refractivity contribution in [3.8, 4) is 17.0 Å². The minimum atomic E-state index is -1.04. The van der Waals surface area contributed by atoms with E-state index in [2.05, 4.69) is 16.0 Å². The van der Waals surface area contributed by atoms with Gasteiger partial charge in [-0.25, -0.2) is 4.98 Å². The van der Waals surface area contributed by atoms with E-state index in [4.69, 9.17) is 14.5 Å². The molecule has 0 spiro atoms. The molecule has 7 rings (SSSR count). The van der Waals surface area contributed by atoms with Gasteiger partial charge in [0.25, 0.3) is 17.7 Å². The third kappa shape index (κ3) is 8.96. The summed E-state index contributed by atoms with van der Waals surface area (Å²) in [5.41, 5.74) is 6.55. The van der Waals surface area contributed by atoms with Crippen molar-refractivity contribution in [1.29, 1.82) is 0 Å². The Labute approximate surface area is 350 Å². The van der Waals surface area contributed by atoms with E-state index in [1.54, 1.807) is 42.3 Å². The molecular weight excluding hydrogens is 785 g/mol. The van der Waals surface area contributed by atoms with E-state index >= 15 is 0 Å². The van der Waals surface area contributed by atoms with Gasteiger partial charge in [0, 0.05) is 47.4 Å². The Morgan fingerprint density at radius 2 is 1.70 bits per heavy atom. The second-order valence-corrected chi connectivity index (χ2v) is 15.7. The number of rotatable bonds is 15. The van der Waals surface area contributed by atoms with Gasteiger partial charge in [0.05, 0.1) is 36.5 Å². The van der Waals surface area contributed by atoms with Crippen LogP contribution in [0.25, 0.3) is 11.3 Å². The van der Waals surface area contributed by atoms with Crippen LogP contribution in [0.2, 0.25) is 0 Å². The lowest BCUT2D eigenvalue weighted by molar-refractivity contribution is -0.136. The number of imide groups is 2. The summed E-state index contributed by atoms with van der Waals surface area (Å²) in [6.07, 6.45) is 0.248. The third-order valence-corrected chi connectivity index (χ3v) is 11.2. The summed E-state index contributed by atoms with van der Waals surface area (Å²) in [6, 6.07) is 24.5. The third-order valence-electron chi connectivity index (χ3n) is 10.3. The fourth-order valence-electron chi connectivity index (χ4n) is 7.33. The minimum Gasteiger partial charge on any atom is -0.491 e. The van der Waals surface area contributed by atoms with Gasteiger partial charge < -0.3 is 25.0 Å². The number of aryl methyl sites for hydroxylation is 3. The molecule has 2 aliphatic heterocycles. The molecule has 1 unspecified atom stereocenters. The molecule has 0 aliphatic carbocycles. The number of fused-ring (bicyclic) bond motifs is 1. The van der Waals surface area contributed by atoms with E-state index in [1.165, 1.54) is 11.3 Å². The molecule has 6 amide bonds. The van der Waals surface area contributed by atoms with Crippen molar-refractivity contribution in [2.24, 2.45) is 0 Å². The van der Waals surface area contributed by atoms with Crippen LogP contribution in [-0.4, -0.2) is 84.8 Å². The summed E-state index contributed by atoms with van der Waals surface area (Å²) in [5.74, 6) is -1.95. The summed E-state index contributed by atoms with van der Waals surface area (Å²) in [7, 11) is 1.77. The number of nitrogens with one attached hydrogen (secondary N) is 3. The van der Waals surface area contributed by atoms with Crippen molar-refractivity contribution in [3.63, 3.8) is 0 Å². The second kappa shape index (κ2) is 18.1. The van der Waals surface area contributed by atoms with Crippen LogP contribution < -0.4 is 25.6 Å². The molecule has 1 atom stereocenters. The number of carbonyl (C=O) groups excluding carboxylic acids is 6. The molecule has 0 bridgehead atoms. The Morgan fingerprint density at radius 1 is 0.900 bits per heavy atom. The molecule has 0 radical (unpaired) electrons. The number of hydrogen-bond donors (Lipinski definition) is 3. The fourth-order valence-corrected chi connectivity index (χ4v) is 8.19. The Hall–Kier alpha value is -6.71. The zero-order valence-corrected chi connectivity index (χ0v) is 34.4. The highest BCUT2D eigenvalue weighted by molar-refractivity contribution is 7.16. The largest absolute Gasteiger partial charge is 0.491 e. The maximum Gasteiger partial charge on any atom is 0.264 e. The van der Waals surface area contributed by atoms with E-state index in [0.29, 0.717) is 28.7 Å². The summed E-state index contributed by atoms with van der Waals surface area (Å²) >= 11 is 1.40. The van der Waals surface area contributed by atoms with E-state index < -0.39 is 29.7 Å². The van der Waals surface area contributed by atoms with Gasteiger partial charge in [0.1, 0.15) is 18.4 Å². The Morgan fingerprint density at radius 3 is 2.48 bits per heavy atom. The Balaban J connectivity index is 0.856. The monoisotopic (exact) mass is 828 g/mol. The second-order valence-electron chi connectivity index (χ2n) is 14.5. The fraction of sp³-hybridized carbons (Fsp3) is 0.267. The number of thiazole rings is 1. The topological polar surface area (TPSA) is 176 Å². The van der Waals surface area contributed by atoms with Crippen LogP contribution in [0.1, 0.15) is 65.5 Å². The van der Waals surface area contributed by atoms with Gasteiger partial charge in [-0.15, -0.1) is 11.3 Å². The zero-order chi connectivity index (χ0) is 42.5. The summed E-state index contributed by atoms with van der Waals surface area (Å²) < 4.78 is 11.6. The molecule has 15 heteroatoms. The SMILES string of the molecule is Cc1ccccc1C(=O)N(C)c1ccc(-c2nc(NC(=O)Cc3cccc(OCCOCCNc4cccc5c4C(=O)N(C4CCC(=O)NC4=O)C5=O)c3)sc2C)cc1C. The summed E-state index contributed by atoms with van der Waals surface area (Å²) in [4.78, 5) is 85.0. The van der Waals surface area contributed by atoms with Crippen molar-refractivity contribution in [2.75, 3.05) is 48.9 Å². The Bertz CT molecular complexity index is 2520. The van der Waals surface area contributed by atoms with Gasteiger partial charge >= 0.3 is 0 Å². The summed E-state index contributed by atoms with van der Waals surface area (Å²) in [6.45, 7) is 6.99. The van der Waals surface area contributed by atoms with Gasteiger partial charge in [-0.05, 0) is 86.3 Å². The maximum atomic E-state index is 13.3. The number of hydrogen-bond acceptors (Lipinski definition) is 11. The van der Waals surface area contributed by atoms with Crippen molar-refractivity contribution in [1.82, 2.24) is 15.2 Å².